The van der Waals surface area contributed by atoms with E-state index in [1.165, 1.54) is 0 Å². The molecule has 0 aliphatic rings. The highest BCUT2D eigenvalue weighted by molar-refractivity contribution is 6.55. The molecule has 0 saturated heterocycles. The van der Waals surface area contributed by atoms with Crippen molar-refractivity contribution in [2.24, 2.45) is 0 Å². The largest absolute Gasteiger partial charge is 0.481 e. The number of hydrogen-bond acceptors (Lipinski definition) is 1. The van der Waals surface area contributed by atoms with Crippen LogP contribution in [0, 0.1) is 0 Å². The summed E-state index contributed by atoms with van der Waals surface area (Å²) in [6.07, 6.45) is -0.161. The molecule has 94 valence electrons. The lowest BCUT2D eigenvalue weighted by molar-refractivity contribution is -0.136. The van der Waals surface area contributed by atoms with Gasteiger partial charge in [-0.15, -0.1) is 0 Å². The number of fused-ring (bicyclic) bond motifs is 1. The van der Waals surface area contributed by atoms with Gasteiger partial charge in [0.05, 0.1) is 26.5 Å². The minimum Gasteiger partial charge on any atom is -0.481 e. The summed E-state index contributed by atoms with van der Waals surface area (Å²) in [6, 6.07) is 5.09. The Hall–Kier alpha value is -0.670. The highest BCUT2D eigenvalue weighted by Gasteiger charge is 2.17. The van der Waals surface area contributed by atoms with E-state index in [9.17, 15) is 4.79 Å². The lowest BCUT2D eigenvalue weighted by atomic mass is 10.0. The van der Waals surface area contributed by atoms with E-state index in [0.29, 0.717) is 16.3 Å². The second-order valence-corrected chi connectivity index (χ2v) is 5.18. The van der Waals surface area contributed by atoms with Gasteiger partial charge in [0.2, 0.25) is 0 Å². The fraction of sp³-hybridized carbons (Fsp3) is 0.0833. The number of hydrogen-bond donors (Lipinski definition) is 1. The summed E-state index contributed by atoms with van der Waals surface area (Å²) in [5, 5.41) is 10.8. The van der Waals surface area contributed by atoms with Gasteiger partial charge < -0.3 is 5.11 Å². The Kier molecular flexibility index (Phi) is 3.93. The molecule has 2 nitrogen and oxygen atoms in total. The second-order valence-electron chi connectivity index (χ2n) is 3.67. The molecule has 0 amide bonds. The van der Waals surface area contributed by atoms with Gasteiger partial charge in [0.1, 0.15) is 0 Å². The summed E-state index contributed by atoms with van der Waals surface area (Å²) in [5.41, 5.74) is 0.547. The van der Waals surface area contributed by atoms with Crippen molar-refractivity contribution in [2.75, 3.05) is 0 Å². The van der Waals surface area contributed by atoms with Gasteiger partial charge in [0.15, 0.2) is 0 Å². The summed E-state index contributed by atoms with van der Waals surface area (Å²) in [6.45, 7) is 0. The highest BCUT2D eigenvalue weighted by Crippen LogP contribution is 2.44. The molecule has 0 spiro atoms. The number of carboxylic acids is 1. The lowest BCUT2D eigenvalue weighted by Gasteiger charge is -2.11. The van der Waals surface area contributed by atoms with E-state index < -0.39 is 5.97 Å². The molecule has 0 atom stereocenters. The van der Waals surface area contributed by atoms with Gasteiger partial charge in [0, 0.05) is 10.8 Å². The van der Waals surface area contributed by atoms with Crippen LogP contribution in [-0.2, 0) is 11.2 Å². The Labute approximate surface area is 123 Å². The molecule has 2 aromatic carbocycles. The van der Waals surface area contributed by atoms with Gasteiger partial charge in [-0.3, -0.25) is 4.79 Å². The van der Waals surface area contributed by atoms with E-state index in [-0.39, 0.29) is 26.5 Å². The zero-order valence-corrected chi connectivity index (χ0v) is 11.8. The normalized spacial score (nSPS) is 10.9. The predicted octanol–water partition coefficient (Wildman–Crippen LogP) is 5.08. The molecule has 0 radical (unpaired) electrons. The van der Waals surface area contributed by atoms with Crippen molar-refractivity contribution < 1.29 is 9.90 Å². The average molecular weight is 324 g/mol. The van der Waals surface area contributed by atoms with Crippen molar-refractivity contribution >= 4 is 63.1 Å². The molecule has 2 rings (SSSR count). The maximum atomic E-state index is 10.8. The van der Waals surface area contributed by atoms with Crippen LogP contribution in [0.5, 0.6) is 0 Å². The first-order chi connectivity index (χ1) is 8.43. The molecule has 0 fully saturated rings. The highest BCUT2D eigenvalue weighted by atomic mass is 35.5. The summed E-state index contributed by atoms with van der Waals surface area (Å²) in [5.74, 6) is -0.958. The minimum absolute atomic E-state index is 0.133. The molecule has 0 saturated carbocycles. The fourth-order valence-corrected chi connectivity index (χ4v) is 2.82. The zero-order valence-electron chi connectivity index (χ0n) is 8.81. The third-order valence-corrected chi connectivity index (χ3v) is 4.34. The van der Waals surface area contributed by atoms with E-state index in [4.69, 9.17) is 51.5 Å². The van der Waals surface area contributed by atoms with Crippen molar-refractivity contribution in [3.05, 3.63) is 43.9 Å². The van der Waals surface area contributed by atoms with Crippen molar-refractivity contribution in [1.29, 1.82) is 0 Å². The van der Waals surface area contributed by atoms with E-state index >= 15 is 0 Å². The van der Waals surface area contributed by atoms with Crippen LogP contribution >= 0.6 is 46.4 Å². The third kappa shape index (κ3) is 2.26. The van der Waals surface area contributed by atoms with Gasteiger partial charge in [0.25, 0.3) is 0 Å². The first-order valence-corrected chi connectivity index (χ1v) is 6.40. The quantitative estimate of drug-likeness (QED) is 0.618. The monoisotopic (exact) mass is 322 g/mol. The minimum atomic E-state index is -0.958. The molecule has 0 aliphatic carbocycles. The van der Waals surface area contributed by atoms with Crippen LogP contribution in [0.25, 0.3) is 10.8 Å². The van der Waals surface area contributed by atoms with Crippen molar-refractivity contribution in [2.45, 2.75) is 6.42 Å². The molecule has 2 aromatic rings. The molecule has 18 heavy (non-hydrogen) atoms. The molecular formula is C12H6Cl4O2. The van der Waals surface area contributed by atoms with Crippen LogP contribution in [0.4, 0.5) is 0 Å². The van der Waals surface area contributed by atoms with Gasteiger partial charge in [-0.1, -0.05) is 64.6 Å². The number of rotatable bonds is 2. The molecule has 1 N–H and O–H groups in total. The van der Waals surface area contributed by atoms with E-state index in [1.54, 1.807) is 18.2 Å². The van der Waals surface area contributed by atoms with Crippen LogP contribution < -0.4 is 0 Å². The standard InChI is InChI=1S/C12H6Cl4O2/c13-9-6-3-1-2-5(4-7(17)18)8(6)10(14)12(16)11(9)15/h1-3H,4H2,(H,17,18). The number of carbonyl (C=O) groups is 1. The Balaban J connectivity index is 2.88. The summed E-state index contributed by atoms with van der Waals surface area (Å²) < 4.78 is 0. The van der Waals surface area contributed by atoms with Crippen LogP contribution in [-0.4, -0.2) is 11.1 Å². The number of carboxylic acid groups (broad SMARTS) is 1. The van der Waals surface area contributed by atoms with Gasteiger partial charge in [-0.2, -0.15) is 0 Å². The summed E-state index contributed by atoms with van der Waals surface area (Å²) in [4.78, 5) is 10.8. The molecule has 0 aliphatic heterocycles. The van der Waals surface area contributed by atoms with E-state index in [0.717, 1.165) is 0 Å². The van der Waals surface area contributed by atoms with Crippen LogP contribution in [0.15, 0.2) is 18.2 Å². The Morgan fingerprint density at radius 2 is 1.61 bits per heavy atom. The van der Waals surface area contributed by atoms with Crippen LogP contribution in [0.2, 0.25) is 20.1 Å². The van der Waals surface area contributed by atoms with Gasteiger partial charge >= 0.3 is 5.97 Å². The lowest BCUT2D eigenvalue weighted by Crippen LogP contribution is -2.01. The SMILES string of the molecule is O=C(O)Cc1cccc2c(Cl)c(Cl)c(Cl)c(Cl)c12. The van der Waals surface area contributed by atoms with Crippen molar-refractivity contribution in [3.8, 4) is 0 Å². The average Bonchev–Trinajstić information content (AvgIpc) is 2.32. The Bertz CT molecular complexity index is 652. The number of aliphatic carboxylic acids is 1. The first-order valence-electron chi connectivity index (χ1n) is 4.88. The molecule has 6 heteroatoms. The van der Waals surface area contributed by atoms with Gasteiger partial charge in [-0.25, -0.2) is 0 Å². The van der Waals surface area contributed by atoms with Crippen LogP contribution in [0.3, 0.4) is 0 Å². The molecule has 0 aromatic heterocycles. The number of halogens is 4. The molecular weight excluding hydrogens is 318 g/mol. The molecule has 0 unspecified atom stereocenters. The first kappa shape index (κ1) is 13.8. The molecule has 0 heterocycles. The zero-order chi connectivity index (χ0) is 13.4. The second kappa shape index (κ2) is 5.14. The molecule has 0 bridgehead atoms. The fourth-order valence-electron chi connectivity index (χ4n) is 1.77. The maximum Gasteiger partial charge on any atom is 0.307 e. The third-order valence-electron chi connectivity index (χ3n) is 2.53. The van der Waals surface area contributed by atoms with E-state index in [2.05, 4.69) is 0 Å². The maximum absolute atomic E-state index is 10.8. The van der Waals surface area contributed by atoms with Crippen molar-refractivity contribution in [1.82, 2.24) is 0 Å². The number of benzene rings is 2. The van der Waals surface area contributed by atoms with E-state index in [1.807, 2.05) is 0 Å². The Morgan fingerprint density at radius 3 is 2.22 bits per heavy atom. The predicted molar refractivity (Wildman–Crippen MR) is 75.3 cm³/mol. The van der Waals surface area contributed by atoms with Crippen LogP contribution in [0.1, 0.15) is 5.56 Å². The topological polar surface area (TPSA) is 37.3 Å². The summed E-state index contributed by atoms with van der Waals surface area (Å²) >= 11 is 24.1. The van der Waals surface area contributed by atoms with Gasteiger partial charge in [-0.05, 0) is 5.56 Å². The Morgan fingerprint density at radius 1 is 1.00 bits per heavy atom. The van der Waals surface area contributed by atoms with Crippen molar-refractivity contribution in [3.63, 3.8) is 0 Å². The summed E-state index contributed by atoms with van der Waals surface area (Å²) in [7, 11) is 0. The smallest absolute Gasteiger partial charge is 0.307 e.